The zero-order valence-electron chi connectivity index (χ0n) is 17.5. The van der Waals surface area contributed by atoms with Crippen molar-refractivity contribution in [2.75, 3.05) is 37.7 Å². The molecule has 156 valence electrons. The van der Waals surface area contributed by atoms with Crippen molar-refractivity contribution >= 4 is 12.1 Å². The molecular formula is C25H30N4O. The summed E-state index contributed by atoms with van der Waals surface area (Å²) in [6.45, 7) is 4.62. The van der Waals surface area contributed by atoms with Gasteiger partial charge in [-0.25, -0.2) is 0 Å². The zero-order chi connectivity index (χ0) is 20.8. The fourth-order valence-corrected chi connectivity index (χ4v) is 4.96. The number of carbonyl (C=O) groups excluding carboxylic acids is 1. The van der Waals surface area contributed by atoms with E-state index in [1.807, 2.05) is 48.5 Å². The largest absolute Gasteiger partial charge is 0.302 e. The number of nitrogens with zero attached hydrogens (tertiary/aromatic N) is 4. The summed E-state index contributed by atoms with van der Waals surface area (Å²) in [6, 6.07) is 23.3. The molecule has 30 heavy (non-hydrogen) atoms. The summed E-state index contributed by atoms with van der Waals surface area (Å²) in [6.07, 6.45) is 4.95. The standard InChI is InChI=1S/C25H30N4O/c26-19-25(22-7-3-1-4-8-22)13-11-24(12-14-25)28-17-15-27(16-18-28)20-29(21-30)23-9-5-2-6-10-23/h1-10,21,24H,11-18,20H2. The number of carbonyl (C=O) groups is 1. The highest BCUT2D eigenvalue weighted by molar-refractivity contribution is 5.74. The van der Waals surface area contributed by atoms with Gasteiger partial charge in [0.2, 0.25) is 6.41 Å². The smallest absolute Gasteiger partial charge is 0.215 e. The number of nitriles is 1. The van der Waals surface area contributed by atoms with E-state index in [-0.39, 0.29) is 5.41 Å². The first-order chi connectivity index (χ1) is 14.7. The molecule has 0 aromatic heterocycles. The summed E-state index contributed by atoms with van der Waals surface area (Å²) in [4.78, 5) is 18.3. The van der Waals surface area contributed by atoms with Crippen molar-refractivity contribution in [3.05, 3.63) is 66.2 Å². The molecule has 4 rings (SSSR count). The van der Waals surface area contributed by atoms with E-state index in [0.29, 0.717) is 12.7 Å². The summed E-state index contributed by atoms with van der Waals surface area (Å²) in [7, 11) is 0. The topological polar surface area (TPSA) is 50.6 Å². The van der Waals surface area contributed by atoms with Gasteiger partial charge in [-0.3, -0.25) is 14.6 Å². The normalized spacial score (nSPS) is 25.4. The zero-order valence-corrected chi connectivity index (χ0v) is 17.5. The summed E-state index contributed by atoms with van der Waals surface area (Å²) < 4.78 is 0. The first kappa shape index (κ1) is 20.6. The van der Waals surface area contributed by atoms with E-state index in [0.717, 1.165) is 64.0 Å². The number of para-hydroxylation sites is 1. The van der Waals surface area contributed by atoms with Gasteiger partial charge in [-0.15, -0.1) is 0 Å². The van der Waals surface area contributed by atoms with Crippen molar-refractivity contribution in [2.24, 2.45) is 0 Å². The van der Waals surface area contributed by atoms with Crippen LogP contribution in [0, 0.1) is 11.3 Å². The minimum atomic E-state index is -0.320. The number of benzene rings is 2. The van der Waals surface area contributed by atoms with Crippen LogP contribution in [0.1, 0.15) is 31.2 Å². The van der Waals surface area contributed by atoms with Gasteiger partial charge in [-0.2, -0.15) is 5.26 Å². The molecular weight excluding hydrogens is 372 g/mol. The van der Waals surface area contributed by atoms with E-state index in [1.54, 1.807) is 4.90 Å². The Morgan fingerprint density at radius 2 is 1.57 bits per heavy atom. The molecule has 0 atom stereocenters. The lowest BCUT2D eigenvalue weighted by molar-refractivity contribution is -0.108. The van der Waals surface area contributed by atoms with E-state index in [4.69, 9.17) is 0 Å². The second-order valence-electron chi connectivity index (χ2n) is 8.50. The molecule has 2 aromatic carbocycles. The summed E-state index contributed by atoms with van der Waals surface area (Å²) >= 11 is 0. The molecule has 0 N–H and O–H groups in total. The third-order valence-electron chi connectivity index (χ3n) is 6.84. The first-order valence-electron chi connectivity index (χ1n) is 10.9. The highest BCUT2D eigenvalue weighted by Crippen LogP contribution is 2.40. The van der Waals surface area contributed by atoms with Gasteiger partial charge in [-0.05, 0) is 43.4 Å². The van der Waals surface area contributed by atoms with Gasteiger partial charge in [0, 0.05) is 37.9 Å². The second-order valence-corrected chi connectivity index (χ2v) is 8.50. The van der Waals surface area contributed by atoms with E-state index >= 15 is 0 Å². The Kier molecular flexibility index (Phi) is 6.47. The lowest BCUT2D eigenvalue weighted by atomic mass is 9.69. The molecule has 2 aliphatic rings. The maximum atomic E-state index is 11.6. The highest BCUT2D eigenvalue weighted by Gasteiger charge is 2.39. The molecule has 1 saturated carbocycles. The molecule has 2 aromatic rings. The Hall–Kier alpha value is -2.68. The fourth-order valence-electron chi connectivity index (χ4n) is 4.96. The molecule has 0 unspecified atom stereocenters. The van der Waals surface area contributed by atoms with Crippen LogP contribution >= 0.6 is 0 Å². The summed E-state index contributed by atoms with van der Waals surface area (Å²) in [5.74, 6) is 0. The maximum Gasteiger partial charge on any atom is 0.215 e. The Morgan fingerprint density at radius 1 is 0.967 bits per heavy atom. The lowest BCUT2D eigenvalue weighted by Gasteiger charge is -2.44. The van der Waals surface area contributed by atoms with Crippen LogP contribution < -0.4 is 4.90 Å². The Balaban J connectivity index is 1.29. The Labute approximate surface area is 179 Å². The van der Waals surface area contributed by atoms with Gasteiger partial charge in [0.15, 0.2) is 0 Å². The maximum absolute atomic E-state index is 11.6. The molecule has 1 aliphatic carbocycles. The van der Waals surface area contributed by atoms with Crippen molar-refractivity contribution in [3.63, 3.8) is 0 Å². The SMILES string of the molecule is N#CC1(c2ccccc2)CCC(N2CCN(CN(C=O)c3ccccc3)CC2)CC1. The number of anilines is 1. The predicted octanol–water partition coefficient (Wildman–Crippen LogP) is 3.63. The average molecular weight is 403 g/mol. The molecule has 0 spiro atoms. The number of rotatable bonds is 6. The van der Waals surface area contributed by atoms with E-state index in [9.17, 15) is 10.1 Å². The number of piperazine rings is 1. The molecule has 5 nitrogen and oxygen atoms in total. The summed E-state index contributed by atoms with van der Waals surface area (Å²) in [5.41, 5.74) is 1.79. The minimum absolute atomic E-state index is 0.320. The first-order valence-corrected chi connectivity index (χ1v) is 10.9. The van der Waals surface area contributed by atoms with Crippen LogP contribution in [-0.4, -0.2) is 55.1 Å². The van der Waals surface area contributed by atoms with Crippen molar-refractivity contribution in [1.82, 2.24) is 9.80 Å². The molecule has 0 bridgehead atoms. The van der Waals surface area contributed by atoms with E-state index in [1.165, 1.54) is 5.56 Å². The molecule has 5 heteroatoms. The molecule has 1 aliphatic heterocycles. The molecule has 1 saturated heterocycles. The van der Waals surface area contributed by atoms with Gasteiger partial charge < -0.3 is 4.90 Å². The molecule has 0 radical (unpaired) electrons. The Bertz CT molecular complexity index is 848. The van der Waals surface area contributed by atoms with Crippen molar-refractivity contribution in [1.29, 1.82) is 5.26 Å². The number of hydrogen-bond acceptors (Lipinski definition) is 4. The van der Waals surface area contributed by atoms with Gasteiger partial charge in [0.05, 0.1) is 18.2 Å². The highest BCUT2D eigenvalue weighted by atomic mass is 16.1. The third kappa shape index (κ3) is 4.40. The van der Waals surface area contributed by atoms with E-state index in [2.05, 4.69) is 28.0 Å². The van der Waals surface area contributed by atoms with Gasteiger partial charge in [-0.1, -0.05) is 48.5 Å². The fraction of sp³-hybridized carbons (Fsp3) is 0.440. The van der Waals surface area contributed by atoms with Gasteiger partial charge >= 0.3 is 0 Å². The van der Waals surface area contributed by atoms with Crippen LogP contribution in [0.4, 0.5) is 5.69 Å². The second kappa shape index (κ2) is 9.42. The summed E-state index contributed by atoms with van der Waals surface area (Å²) in [5, 5.41) is 9.92. The van der Waals surface area contributed by atoms with E-state index < -0.39 is 0 Å². The van der Waals surface area contributed by atoms with Crippen molar-refractivity contribution < 1.29 is 4.79 Å². The molecule has 1 heterocycles. The van der Waals surface area contributed by atoms with Crippen LogP contribution in [-0.2, 0) is 10.2 Å². The van der Waals surface area contributed by atoms with Gasteiger partial charge in [0.1, 0.15) is 0 Å². The third-order valence-corrected chi connectivity index (χ3v) is 6.84. The Morgan fingerprint density at radius 3 is 2.13 bits per heavy atom. The number of hydrogen-bond donors (Lipinski definition) is 0. The number of amides is 1. The van der Waals surface area contributed by atoms with Crippen LogP contribution in [0.3, 0.4) is 0 Å². The van der Waals surface area contributed by atoms with Crippen LogP contribution in [0.5, 0.6) is 0 Å². The van der Waals surface area contributed by atoms with Crippen molar-refractivity contribution in [2.45, 2.75) is 37.1 Å². The van der Waals surface area contributed by atoms with Crippen LogP contribution in [0.25, 0.3) is 0 Å². The molecule has 1 amide bonds. The predicted molar refractivity (Wildman–Crippen MR) is 119 cm³/mol. The minimum Gasteiger partial charge on any atom is -0.302 e. The van der Waals surface area contributed by atoms with Crippen molar-refractivity contribution in [3.8, 4) is 6.07 Å². The monoisotopic (exact) mass is 402 g/mol. The average Bonchev–Trinajstić information content (AvgIpc) is 2.84. The van der Waals surface area contributed by atoms with Crippen LogP contribution in [0.15, 0.2) is 60.7 Å². The van der Waals surface area contributed by atoms with Crippen LogP contribution in [0.2, 0.25) is 0 Å². The quantitative estimate of drug-likeness (QED) is 0.693. The molecule has 2 fully saturated rings. The van der Waals surface area contributed by atoms with Gasteiger partial charge in [0.25, 0.3) is 0 Å². The lowest BCUT2D eigenvalue weighted by Crippen LogP contribution is -2.54.